The second-order valence-electron chi connectivity index (χ2n) is 6.42. The summed E-state index contributed by atoms with van der Waals surface area (Å²) >= 11 is 0. The maximum atomic E-state index is 12.1. The molecule has 2 atom stereocenters. The third-order valence-corrected chi connectivity index (χ3v) is 4.58. The van der Waals surface area contributed by atoms with Gasteiger partial charge in [0.25, 0.3) is 0 Å². The first-order chi connectivity index (χ1) is 10.2. The van der Waals surface area contributed by atoms with E-state index in [1.54, 1.807) is 0 Å². The lowest BCUT2D eigenvalue weighted by atomic mass is 10.1. The third-order valence-electron chi connectivity index (χ3n) is 4.58. The normalized spacial score (nSPS) is 21.9. The Labute approximate surface area is 151 Å². The van der Waals surface area contributed by atoms with Gasteiger partial charge in [-0.25, -0.2) is 0 Å². The average molecular weight is 360 g/mol. The summed E-state index contributed by atoms with van der Waals surface area (Å²) in [5, 5.41) is 3.03. The van der Waals surface area contributed by atoms with Crippen molar-refractivity contribution in [3.8, 4) is 0 Å². The van der Waals surface area contributed by atoms with E-state index in [0.717, 1.165) is 24.7 Å². The molecule has 2 aliphatic rings. The van der Waals surface area contributed by atoms with Gasteiger partial charge in [0.1, 0.15) is 0 Å². The number of benzene rings is 1. The second-order valence-corrected chi connectivity index (χ2v) is 6.42. The van der Waals surface area contributed by atoms with Crippen LogP contribution in [0.1, 0.15) is 24.8 Å². The molecular formula is C17H27Cl2N3O. The van der Waals surface area contributed by atoms with Crippen LogP contribution in [0.2, 0.25) is 0 Å². The van der Waals surface area contributed by atoms with Crippen molar-refractivity contribution in [2.45, 2.75) is 37.8 Å². The minimum Gasteiger partial charge on any atom is -0.354 e. The Bertz CT molecular complexity index is 482. The Hall–Kier alpha value is -0.810. The molecule has 2 unspecified atom stereocenters. The first-order valence-corrected chi connectivity index (χ1v) is 8.03. The summed E-state index contributed by atoms with van der Waals surface area (Å²) < 4.78 is 0. The van der Waals surface area contributed by atoms with Crippen molar-refractivity contribution in [2.24, 2.45) is 11.7 Å². The molecule has 1 amide bonds. The summed E-state index contributed by atoms with van der Waals surface area (Å²) in [4.78, 5) is 14.7. The molecule has 0 aromatic heterocycles. The highest BCUT2D eigenvalue weighted by atomic mass is 35.5. The van der Waals surface area contributed by atoms with Gasteiger partial charge in [0, 0.05) is 19.1 Å². The molecule has 3 rings (SSSR count). The first kappa shape index (κ1) is 20.2. The van der Waals surface area contributed by atoms with Crippen molar-refractivity contribution in [3.05, 3.63) is 35.9 Å². The van der Waals surface area contributed by atoms with Crippen molar-refractivity contribution >= 4 is 30.7 Å². The second kappa shape index (κ2) is 9.48. The molecule has 130 valence electrons. The Morgan fingerprint density at radius 1 is 1.22 bits per heavy atom. The van der Waals surface area contributed by atoms with Crippen LogP contribution in [0.3, 0.4) is 0 Å². The molecule has 1 aromatic rings. The van der Waals surface area contributed by atoms with Gasteiger partial charge in [-0.15, -0.1) is 24.8 Å². The van der Waals surface area contributed by atoms with Gasteiger partial charge < -0.3 is 16.0 Å². The number of hydrogen-bond donors (Lipinski definition) is 2. The molecule has 1 aliphatic carbocycles. The summed E-state index contributed by atoms with van der Waals surface area (Å²) in [5.41, 5.74) is 7.11. The fourth-order valence-corrected chi connectivity index (χ4v) is 3.14. The van der Waals surface area contributed by atoms with Crippen LogP contribution < -0.4 is 11.1 Å². The van der Waals surface area contributed by atoms with Crippen LogP contribution in [0.4, 0.5) is 0 Å². The Balaban J connectivity index is 0.00000132. The quantitative estimate of drug-likeness (QED) is 0.816. The highest BCUT2D eigenvalue weighted by Crippen LogP contribution is 2.31. The highest BCUT2D eigenvalue weighted by Gasteiger charge is 2.34. The molecular weight excluding hydrogens is 333 g/mol. The van der Waals surface area contributed by atoms with E-state index in [1.807, 2.05) is 30.3 Å². The number of amides is 1. The van der Waals surface area contributed by atoms with Crippen LogP contribution in [-0.2, 0) is 11.2 Å². The van der Waals surface area contributed by atoms with Crippen LogP contribution >= 0.6 is 24.8 Å². The first-order valence-electron chi connectivity index (χ1n) is 8.03. The zero-order valence-corrected chi connectivity index (χ0v) is 15.0. The van der Waals surface area contributed by atoms with E-state index >= 15 is 0 Å². The maximum absolute atomic E-state index is 12.1. The van der Waals surface area contributed by atoms with Gasteiger partial charge >= 0.3 is 0 Å². The van der Waals surface area contributed by atoms with E-state index in [9.17, 15) is 4.79 Å². The summed E-state index contributed by atoms with van der Waals surface area (Å²) in [6.45, 7) is 3.10. The molecule has 0 spiro atoms. The van der Waals surface area contributed by atoms with E-state index in [-0.39, 0.29) is 30.7 Å². The van der Waals surface area contributed by atoms with Gasteiger partial charge in [-0.1, -0.05) is 30.3 Å². The molecule has 1 saturated carbocycles. The number of nitrogens with two attached hydrogens (primary N) is 1. The Kier molecular flexibility index (Phi) is 8.34. The number of hydrogen-bond acceptors (Lipinski definition) is 3. The predicted molar refractivity (Wildman–Crippen MR) is 98.3 cm³/mol. The fourth-order valence-electron chi connectivity index (χ4n) is 3.14. The average Bonchev–Trinajstić information content (AvgIpc) is 3.25. The van der Waals surface area contributed by atoms with Crippen LogP contribution in [0, 0.1) is 5.92 Å². The summed E-state index contributed by atoms with van der Waals surface area (Å²) in [6.07, 6.45) is 4.53. The number of nitrogens with one attached hydrogen (secondary N) is 1. The van der Waals surface area contributed by atoms with Gasteiger partial charge in [0.05, 0.1) is 6.04 Å². The summed E-state index contributed by atoms with van der Waals surface area (Å²) in [6, 6.07) is 10.3. The Morgan fingerprint density at radius 2 is 1.91 bits per heavy atom. The monoisotopic (exact) mass is 359 g/mol. The third kappa shape index (κ3) is 5.96. The summed E-state index contributed by atoms with van der Waals surface area (Å²) in [5.74, 6) is 0.571. The smallest absolute Gasteiger partial charge is 0.237 e. The van der Waals surface area contributed by atoms with Crippen LogP contribution in [0.5, 0.6) is 0 Å². The molecule has 0 radical (unpaired) electrons. The largest absolute Gasteiger partial charge is 0.354 e. The minimum absolute atomic E-state index is 0. The number of likely N-dealkylation sites (tertiary alicyclic amines) is 1. The van der Waals surface area contributed by atoms with Crippen molar-refractivity contribution in [1.82, 2.24) is 10.2 Å². The van der Waals surface area contributed by atoms with Crippen molar-refractivity contribution in [2.75, 3.05) is 19.6 Å². The standard InChI is InChI=1S/C17H25N3O.2ClH/c18-16(10-13-4-2-1-3-5-13)17(21)19-11-14-8-9-20(12-14)15-6-7-15;;/h1-5,14-16H,6-12,18H2,(H,19,21);2*1H. The number of carbonyl (C=O) groups is 1. The van der Waals surface area contributed by atoms with Crippen LogP contribution in [-0.4, -0.2) is 42.5 Å². The summed E-state index contributed by atoms with van der Waals surface area (Å²) in [7, 11) is 0. The van der Waals surface area contributed by atoms with Crippen LogP contribution in [0.15, 0.2) is 30.3 Å². The van der Waals surface area contributed by atoms with Gasteiger partial charge in [-0.3, -0.25) is 4.79 Å². The topological polar surface area (TPSA) is 58.4 Å². The molecule has 23 heavy (non-hydrogen) atoms. The van der Waals surface area contributed by atoms with Crippen molar-refractivity contribution < 1.29 is 4.79 Å². The SMILES string of the molecule is Cl.Cl.NC(Cc1ccccc1)C(=O)NCC1CCN(C2CC2)C1. The van der Waals surface area contributed by atoms with E-state index in [2.05, 4.69) is 10.2 Å². The molecule has 2 fully saturated rings. The molecule has 3 N–H and O–H groups in total. The number of carbonyl (C=O) groups excluding carboxylic acids is 1. The lowest BCUT2D eigenvalue weighted by Crippen LogP contribution is -2.44. The zero-order chi connectivity index (χ0) is 14.7. The fraction of sp³-hybridized carbons (Fsp3) is 0.588. The number of nitrogens with zero attached hydrogens (tertiary/aromatic N) is 1. The lowest BCUT2D eigenvalue weighted by molar-refractivity contribution is -0.122. The maximum Gasteiger partial charge on any atom is 0.237 e. The molecule has 0 bridgehead atoms. The molecule has 4 nitrogen and oxygen atoms in total. The zero-order valence-electron chi connectivity index (χ0n) is 13.3. The highest BCUT2D eigenvalue weighted by molar-refractivity contribution is 5.85. The lowest BCUT2D eigenvalue weighted by Gasteiger charge is -2.17. The van der Waals surface area contributed by atoms with Gasteiger partial charge in [0.2, 0.25) is 5.91 Å². The van der Waals surface area contributed by atoms with Crippen molar-refractivity contribution in [3.63, 3.8) is 0 Å². The van der Waals surface area contributed by atoms with Crippen molar-refractivity contribution in [1.29, 1.82) is 0 Å². The molecule has 6 heteroatoms. The Morgan fingerprint density at radius 3 is 2.57 bits per heavy atom. The number of halogens is 2. The van der Waals surface area contributed by atoms with Gasteiger partial charge in [-0.2, -0.15) is 0 Å². The van der Waals surface area contributed by atoms with Gasteiger partial charge in [-0.05, 0) is 43.7 Å². The van der Waals surface area contributed by atoms with Crippen LogP contribution in [0.25, 0.3) is 0 Å². The molecule has 1 saturated heterocycles. The number of rotatable bonds is 6. The molecule has 1 aliphatic heterocycles. The van der Waals surface area contributed by atoms with E-state index in [1.165, 1.54) is 25.8 Å². The van der Waals surface area contributed by atoms with E-state index in [0.29, 0.717) is 12.3 Å². The molecule has 1 aromatic carbocycles. The van der Waals surface area contributed by atoms with Gasteiger partial charge in [0.15, 0.2) is 0 Å². The predicted octanol–water partition coefficient (Wildman–Crippen LogP) is 2.00. The van der Waals surface area contributed by atoms with E-state index in [4.69, 9.17) is 5.73 Å². The van der Waals surface area contributed by atoms with E-state index < -0.39 is 6.04 Å². The molecule has 1 heterocycles. The minimum atomic E-state index is -0.451.